The summed E-state index contributed by atoms with van der Waals surface area (Å²) >= 11 is 1.63. The van der Waals surface area contributed by atoms with Crippen molar-refractivity contribution in [1.82, 2.24) is 0 Å². The lowest BCUT2D eigenvalue weighted by Crippen LogP contribution is -1.99. The van der Waals surface area contributed by atoms with Crippen molar-refractivity contribution in [2.75, 3.05) is 6.26 Å². The SMILES string of the molecule is CSc1ccc(/C=C/C(=O)c2ccc(F)cc2F)cc1. The molecule has 0 radical (unpaired) electrons. The van der Waals surface area contributed by atoms with Crippen molar-refractivity contribution in [3.63, 3.8) is 0 Å². The Balaban J connectivity index is 2.15. The molecule has 0 aliphatic carbocycles. The first kappa shape index (κ1) is 14.5. The van der Waals surface area contributed by atoms with E-state index in [0.29, 0.717) is 6.07 Å². The third kappa shape index (κ3) is 3.54. The topological polar surface area (TPSA) is 17.1 Å². The highest BCUT2D eigenvalue weighted by atomic mass is 32.2. The first-order valence-electron chi connectivity index (χ1n) is 5.91. The Kier molecular flexibility index (Phi) is 4.69. The lowest BCUT2D eigenvalue weighted by Gasteiger charge is -1.99. The van der Waals surface area contributed by atoms with Gasteiger partial charge in [0.25, 0.3) is 0 Å². The van der Waals surface area contributed by atoms with Crippen LogP contribution in [0.25, 0.3) is 6.08 Å². The number of hydrogen-bond acceptors (Lipinski definition) is 2. The molecule has 0 aliphatic heterocycles. The molecule has 0 fully saturated rings. The lowest BCUT2D eigenvalue weighted by molar-refractivity contribution is 0.104. The summed E-state index contributed by atoms with van der Waals surface area (Å²) in [5.41, 5.74) is 0.710. The average molecular weight is 290 g/mol. The molecule has 0 atom stereocenters. The summed E-state index contributed by atoms with van der Waals surface area (Å²) in [5, 5.41) is 0. The van der Waals surface area contributed by atoms with Crippen LogP contribution in [0.1, 0.15) is 15.9 Å². The number of rotatable bonds is 4. The number of carbonyl (C=O) groups is 1. The molecule has 1 nitrogen and oxygen atoms in total. The summed E-state index contributed by atoms with van der Waals surface area (Å²) in [7, 11) is 0. The van der Waals surface area contributed by atoms with Gasteiger partial charge in [0.2, 0.25) is 0 Å². The van der Waals surface area contributed by atoms with Crippen molar-refractivity contribution >= 4 is 23.6 Å². The van der Waals surface area contributed by atoms with E-state index in [1.165, 1.54) is 6.08 Å². The van der Waals surface area contributed by atoms with Crippen molar-refractivity contribution in [2.45, 2.75) is 4.90 Å². The van der Waals surface area contributed by atoms with Crippen molar-refractivity contribution < 1.29 is 13.6 Å². The van der Waals surface area contributed by atoms with Gasteiger partial charge < -0.3 is 0 Å². The minimum absolute atomic E-state index is 0.136. The van der Waals surface area contributed by atoms with Crippen LogP contribution in [0, 0.1) is 11.6 Å². The Morgan fingerprint density at radius 2 is 1.80 bits per heavy atom. The van der Waals surface area contributed by atoms with Gasteiger partial charge >= 0.3 is 0 Å². The second kappa shape index (κ2) is 6.48. The van der Waals surface area contributed by atoms with Crippen molar-refractivity contribution in [3.05, 3.63) is 71.3 Å². The lowest BCUT2D eigenvalue weighted by atomic mass is 10.1. The minimum Gasteiger partial charge on any atom is -0.289 e. The normalized spacial score (nSPS) is 10.9. The molecule has 0 saturated carbocycles. The molecule has 0 spiro atoms. The van der Waals surface area contributed by atoms with Gasteiger partial charge in [0.1, 0.15) is 11.6 Å². The highest BCUT2D eigenvalue weighted by Gasteiger charge is 2.09. The molecule has 0 bridgehead atoms. The van der Waals surface area contributed by atoms with Crippen molar-refractivity contribution in [3.8, 4) is 0 Å². The second-order valence-corrected chi connectivity index (χ2v) is 4.97. The molecule has 2 aromatic carbocycles. The highest BCUT2D eigenvalue weighted by molar-refractivity contribution is 7.98. The van der Waals surface area contributed by atoms with E-state index in [4.69, 9.17) is 0 Å². The van der Waals surface area contributed by atoms with Gasteiger partial charge in [-0.2, -0.15) is 0 Å². The molecule has 0 heterocycles. The van der Waals surface area contributed by atoms with E-state index in [1.807, 2.05) is 30.5 Å². The monoisotopic (exact) mass is 290 g/mol. The van der Waals surface area contributed by atoms with Gasteiger partial charge in [0.05, 0.1) is 5.56 Å². The molecule has 0 unspecified atom stereocenters. The van der Waals surface area contributed by atoms with Crippen molar-refractivity contribution in [2.24, 2.45) is 0 Å². The van der Waals surface area contributed by atoms with Gasteiger partial charge in [-0.15, -0.1) is 11.8 Å². The summed E-state index contributed by atoms with van der Waals surface area (Å²) in [6.07, 6.45) is 4.87. The van der Waals surface area contributed by atoms with E-state index in [9.17, 15) is 13.6 Å². The van der Waals surface area contributed by atoms with E-state index in [-0.39, 0.29) is 5.56 Å². The van der Waals surface area contributed by atoms with Crippen LogP contribution in [-0.4, -0.2) is 12.0 Å². The van der Waals surface area contributed by atoms with E-state index < -0.39 is 17.4 Å². The maximum atomic E-state index is 13.4. The van der Waals surface area contributed by atoms with E-state index >= 15 is 0 Å². The summed E-state index contributed by atoms with van der Waals surface area (Å²) in [6.45, 7) is 0. The first-order valence-corrected chi connectivity index (χ1v) is 7.14. The quantitative estimate of drug-likeness (QED) is 0.465. The van der Waals surface area contributed by atoms with Crippen molar-refractivity contribution in [1.29, 1.82) is 0 Å². The number of allylic oxidation sites excluding steroid dienone is 1. The van der Waals surface area contributed by atoms with Crippen LogP contribution in [-0.2, 0) is 0 Å². The second-order valence-electron chi connectivity index (χ2n) is 4.09. The summed E-state index contributed by atoms with van der Waals surface area (Å²) in [4.78, 5) is 12.9. The van der Waals surface area contributed by atoms with Gasteiger partial charge in [-0.3, -0.25) is 4.79 Å². The molecule has 2 aromatic rings. The molecule has 0 aliphatic rings. The third-order valence-corrected chi connectivity index (χ3v) is 3.48. The average Bonchev–Trinajstić information content (AvgIpc) is 2.45. The van der Waals surface area contributed by atoms with Gasteiger partial charge in [0.15, 0.2) is 5.78 Å². The van der Waals surface area contributed by atoms with Gasteiger partial charge in [-0.1, -0.05) is 18.2 Å². The maximum Gasteiger partial charge on any atom is 0.188 e. The zero-order valence-electron chi connectivity index (χ0n) is 10.8. The molecular weight excluding hydrogens is 278 g/mol. The largest absolute Gasteiger partial charge is 0.289 e. The number of ketones is 1. The molecule has 2 rings (SSSR count). The summed E-state index contributed by atoms with van der Waals surface area (Å²) < 4.78 is 26.2. The fourth-order valence-corrected chi connectivity index (χ4v) is 2.07. The molecular formula is C16H12F2OS. The van der Waals surface area contributed by atoms with Crippen LogP contribution in [0.3, 0.4) is 0 Å². The number of benzene rings is 2. The molecule has 0 aromatic heterocycles. The fourth-order valence-electron chi connectivity index (χ4n) is 1.67. The molecule has 20 heavy (non-hydrogen) atoms. The minimum atomic E-state index is -0.850. The Bertz CT molecular complexity index is 648. The first-order chi connectivity index (χ1) is 9.60. The molecule has 4 heteroatoms. The molecule has 0 saturated heterocycles. The zero-order chi connectivity index (χ0) is 14.5. The zero-order valence-corrected chi connectivity index (χ0v) is 11.6. The van der Waals surface area contributed by atoms with Gasteiger partial charge in [-0.25, -0.2) is 8.78 Å². The van der Waals surface area contributed by atoms with E-state index in [0.717, 1.165) is 22.6 Å². The third-order valence-electron chi connectivity index (χ3n) is 2.74. The number of thioether (sulfide) groups is 1. The number of halogens is 2. The summed E-state index contributed by atoms with van der Waals surface area (Å²) in [6, 6.07) is 10.5. The number of carbonyl (C=O) groups excluding carboxylic acids is 1. The van der Waals surface area contributed by atoms with Crippen LogP contribution in [0.15, 0.2) is 53.4 Å². The van der Waals surface area contributed by atoms with E-state index in [1.54, 1.807) is 17.8 Å². The smallest absolute Gasteiger partial charge is 0.188 e. The van der Waals surface area contributed by atoms with Crippen LogP contribution >= 0.6 is 11.8 Å². The molecule has 102 valence electrons. The van der Waals surface area contributed by atoms with Gasteiger partial charge in [-0.05, 0) is 42.2 Å². The van der Waals surface area contributed by atoms with Crippen LogP contribution in [0.4, 0.5) is 8.78 Å². The number of hydrogen-bond donors (Lipinski definition) is 0. The highest BCUT2D eigenvalue weighted by Crippen LogP contribution is 2.16. The van der Waals surface area contributed by atoms with Crippen LogP contribution in [0.5, 0.6) is 0 Å². The molecule has 0 amide bonds. The van der Waals surface area contributed by atoms with Gasteiger partial charge in [0, 0.05) is 11.0 Å². The van der Waals surface area contributed by atoms with Crippen LogP contribution in [0.2, 0.25) is 0 Å². The Hall–Kier alpha value is -1.94. The van der Waals surface area contributed by atoms with E-state index in [2.05, 4.69) is 0 Å². The van der Waals surface area contributed by atoms with Crippen LogP contribution < -0.4 is 0 Å². The fraction of sp³-hybridized carbons (Fsp3) is 0.0625. The Morgan fingerprint density at radius 1 is 1.10 bits per heavy atom. The summed E-state index contributed by atoms with van der Waals surface area (Å²) in [5.74, 6) is -2.04. The maximum absolute atomic E-state index is 13.4. The standard InChI is InChI=1S/C16H12F2OS/c1-20-13-6-2-11(3-7-13)4-9-16(19)14-8-5-12(17)10-15(14)18/h2-10H,1H3/b9-4+. The Morgan fingerprint density at radius 3 is 2.40 bits per heavy atom. The Labute approximate surface area is 120 Å². The predicted molar refractivity (Wildman–Crippen MR) is 77.9 cm³/mol. The molecule has 0 N–H and O–H groups in total. The predicted octanol–water partition coefficient (Wildman–Crippen LogP) is 4.58.